The SMILES string of the molecule is Cc1nc2ccccn2c1C(=O)N1CCCC(Oc2nccnc2C#N)C1. The zero-order valence-corrected chi connectivity index (χ0v) is 14.9. The Kier molecular flexibility index (Phi) is 4.42. The molecule has 136 valence electrons. The standard InChI is InChI=1S/C19H18N6O2/c1-13-17(25-10-3-2-6-16(25)23-13)19(26)24-9-4-5-14(12-24)27-18-15(11-20)21-7-8-22-18/h2-3,6-8,10,14H,4-5,9,12H2,1H3. The van der Waals surface area contributed by atoms with Crippen molar-refractivity contribution in [3.8, 4) is 11.9 Å². The molecule has 8 nitrogen and oxygen atoms in total. The van der Waals surface area contributed by atoms with Crippen molar-refractivity contribution in [3.05, 3.63) is 53.9 Å². The molecule has 1 amide bonds. The molecule has 0 N–H and O–H groups in total. The van der Waals surface area contributed by atoms with Gasteiger partial charge in [0, 0.05) is 25.1 Å². The molecule has 0 spiro atoms. The average Bonchev–Trinajstić information content (AvgIpc) is 3.03. The van der Waals surface area contributed by atoms with Crippen LogP contribution in [0.1, 0.15) is 34.7 Å². The first kappa shape index (κ1) is 17.0. The summed E-state index contributed by atoms with van der Waals surface area (Å²) in [7, 11) is 0. The minimum absolute atomic E-state index is 0.0702. The predicted octanol–water partition coefficient (Wildman–Crippen LogP) is 1.99. The van der Waals surface area contributed by atoms with Crippen LogP contribution in [0.4, 0.5) is 0 Å². The van der Waals surface area contributed by atoms with E-state index in [4.69, 9.17) is 10.00 Å². The van der Waals surface area contributed by atoms with Crippen LogP contribution in [0.2, 0.25) is 0 Å². The molecule has 1 atom stereocenters. The van der Waals surface area contributed by atoms with E-state index in [1.807, 2.05) is 41.8 Å². The summed E-state index contributed by atoms with van der Waals surface area (Å²) in [6.07, 6.45) is 6.16. The van der Waals surface area contributed by atoms with E-state index in [1.165, 1.54) is 12.4 Å². The third-order valence-corrected chi connectivity index (χ3v) is 4.62. The zero-order valence-electron chi connectivity index (χ0n) is 14.9. The summed E-state index contributed by atoms with van der Waals surface area (Å²) in [6.45, 7) is 2.93. The summed E-state index contributed by atoms with van der Waals surface area (Å²) in [5.74, 6) is 0.143. The number of fused-ring (bicyclic) bond motifs is 1. The number of nitrogens with zero attached hydrogens (tertiary/aromatic N) is 6. The van der Waals surface area contributed by atoms with Gasteiger partial charge in [-0.3, -0.25) is 9.20 Å². The number of carbonyl (C=O) groups excluding carboxylic acids is 1. The lowest BCUT2D eigenvalue weighted by Gasteiger charge is -2.32. The van der Waals surface area contributed by atoms with Gasteiger partial charge in [-0.2, -0.15) is 5.26 Å². The molecule has 4 rings (SSSR count). The quantitative estimate of drug-likeness (QED) is 0.707. The molecule has 3 aromatic heterocycles. The molecule has 0 aromatic carbocycles. The number of hydrogen-bond acceptors (Lipinski definition) is 6. The lowest BCUT2D eigenvalue weighted by molar-refractivity contribution is 0.0519. The van der Waals surface area contributed by atoms with Gasteiger partial charge in [-0.15, -0.1) is 0 Å². The highest BCUT2D eigenvalue weighted by Crippen LogP contribution is 2.21. The maximum atomic E-state index is 13.1. The van der Waals surface area contributed by atoms with Crippen molar-refractivity contribution in [2.24, 2.45) is 0 Å². The number of imidazole rings is 1. The van der Waals surface area contributed by atoms with E-state index in [9.17, 15) is 4.79 Å². The van der Waals surface area contributed by atoms with Crippen LogP contribution >= 0.6 is 0 Å². The van der Waals surface area contributed by atoms with Gasteiger partial charge >= 0.3 is 0 Å². The Morgan fingerprint density at radius 3 is 3.04 bits per heavy atom. The lowest BCUT2D eigenvalue weighted by atomic mass is 10.1. The summed E-state index contributed by atoms with van der Waals surface area (Å²) >= 11 is 0. The van der Waals surface area contributed by atoms with Gasteiger partial charge < -0.3 is 9.64 Å². The first-order chi connectivity index (χ1) is 13.2. The van der Waals surface area contributed by atoms with Gasteiger partial charge in [0.1, 0.15) is 23.5 Å². The van der Waals surface area contributed by atoms with Crippen LogP contribution in [0.25, 0.3) is 5.65 Å². The van der Waals surface area contributed by atoms with E-state index in [1.54, 1.807) is 4.90 Å². The molecular formula is C19H18N6O2. The number of pyridine rings is 1. The molecule has 0 bridgehead atoms. The fourth-order valence-electron chi connectivity index (χ4n) is 3.39. The summed E-state index contributed by atoms with van der Waals surface area (Å²) < 4.78 is 7.70. The average molecular weight is 362 g/mol. The van der Waals surface area contributed by atoms with E-state index in [0.29, 0.717) is 24.5 Å². The summed E-state index contributed by atoms with van der Waals surface area (Å²) in [5.41, 5.74) is 2.18. The van der Waals surface area contributed by atoms with Crippen LogP contribution in [0, 0.1) is 18.3 Å². The van der Waals surface area contributed by atoms with E-state index in [2.05, 4.69) is 15.0 Å². The van der Waals surface area contributed by atoms with Crippen molar-refractivity contribution in [3.63, 3.8) is 0 Å². The monoisotopic (exact) mass is 362 g/mol. The van der Waals surface area contributed by atoms with Crippen LogP contribution in [0.3, 0.4) is 0 Å². The molecule has 0 aliphatic carbocycles. The number of aromatic nitrogens is 4. The smallest absolute Gasteiger partial charge is 0.272 e. The number of carbonyl (C=O) groups is 1. The Labute approximate surface area is 156 Å². The molecule has 4 heterocycles. The van der Waals surface area contributed by atoms with Crippen molar-refractivity contribution < 1.29 is 9.53 Å². The molecule has 0 radical (unpaired) electrons. The fraction of sp³-hybridized carbons (Fsp3) is 0.316. The second kappa shape index (κ2) is 7.03. The molecule has 1 aliphatic rings. The van der Waals surface area contributed by atoms with Gasteiger partial charge in [-0.1, -0.05) is 6.07 Å². The minimum atomic E-state index is -0.231. The number of aryl methyl sites for hydroxylation is 1. The number of amides is 1. The van der Waals surface area contributed by atoms with Crippen LogP contribution < -0.4 is 4.74 Å². The number of nitriles is 1. The molecule has 0 saturated carbocycles. The first-order valence-electron chi connectivity index (χ1n) is 8.78. The third-order valence-electron chi connectivity index (χ3n) is 4.62. The third kappa shape index (κ3) is 3.19. The van der Waals surface area contributed by atoms with Gasteiger partial charge in [0.25, 0.3) is 11.8 Å². The van der Waals surface area contributed by atoms with Crippen LogP contribution in [0.5, 0.6) is 5.88 Å². The maximum Gasteiger partial charge on any atom is 0.272 e. The lowest BCUT2D eigenvalue weighted by Crippen LogP contribution is -2.45. The summed E-state index contributed by atoms with van der Waals surface area (Å²) in [6, 6.07) is 7.63. The van der Waals surface area contributed by atoms with E-state index in [0.717, 1.165) is 18.5 Å². The molecule has 8 heteroatoms. The highest BCUT2D eigenvalue weighted by Gasteiger charge is 2.29. The van der Waals surface area contributed by atoms with E-state index < -0.39 is 0 Å². The van der Waals surface area contributed by atoms with Crippen LogP contribution in [-0.2, 0) is 0 Å². The number of likely N-dealkylation sites (tertiary alicyclic amines) is 1. The molecule has 1 saturated heterocycles. The van der Waals surface area contributed by atoms with E-state index >= 15 is 0 Å². The second-order valence-corrected chi connectivity index (χ2v) is 6.43. The highest BCUT2D eigenvalue weighted by atomic mass is 16.5. The zero-order chi connectivity index (χ0) is 18.8. The Hall–Kier alpha value is -3.47. The van der Waals surface area contributed by atoms with Gasteiger partial charge in [0.15, 0.2) is 0 Å². The van der Waals surface area contributed by atoms with Crippen LogP contribution in [0.15, 0.2) is 36.8 Å². The van der Waals surface area contributed by atoms with Gasteiger partial charge in [0.2, 0.25) is 5.69 Å². The Morgan fingerprint density at radius 1 is 1.33 bits per heavy atom. The summed E-state index contributed by atoms with van der Waals surface area (Å²) in [4.78, 5) is 27.4. The molecule has 27 heavy (non-hydrogen) atoms. The number of piperidine rings is 1. The number of hydrogen-bond donors (Lipinski definition) is 0. The molecule has 1 fully saturated rings. The van der Waals surface area contributed by atoms with Crippen LogP contribution in [-0.4, -0.2) is 49.4 Å². The second-order valence-electron chi connectivity index (χ2n) is 6.43. The van der Waals surface area contributed by atoms with Crippen molar-refractivity contribution in [2.45, 2.75) is 25.9 Å². The predicted molar refractivity (Wildman–Crippen MR) is 96.2 cm³/mol. The highest BCUT2D eigenvalue weighted by molar-refractivity contribution is 5.94. The number of ether oxygens (including phenoxy) is 1. The first-order valence-corrected chi connectivity index (χ1v) is 8.78. The minimum Gasteiger partial charge on any atom is -0.470 e. The van der Waals surface area contributed by atoms with Crippen molar-refractivity contribution in [1.82, 2.24) is 24.3 Å². The normalized spacial score (nSPS) is 16.9. The Balaban J connectivity index is 1.55. The maximum absolute atomic E-state index is 13.1. The van der Waals surface area contributed by atoms with Crippen molar-refractivity contribution in [2.75, 3.05) is 13.1 Å². The van der Waals surface area contributed by atoms with Gasteiger partial charge in [-0.05, 0) is 31.9 Å². The molecular weight excluding hydrogens is 344 g/mol. The van der Waals surface area contributed by atoms with Crippen molar-refractivity contribution in [1.29, 1.82) is 5.26 Å². The molecule has 3 aromatic rings. The van der Waals surface area contributed by atoms with Gasteiger partial charge in [-0.25, -0.2) is 15.0 Å². The molecule has 1 aliphatic heterocycles. The topological polar surface area (TPSA) is 96.4 Å². The Morgan fingerprint density at radius 2 is 2.19 bits per heavy atom. The molecule has 1 unspecified atom stereocenters. The Bertz CT molecular complexity index is 1040. The summed E-state index contributed by atoms with van der Waals surface area (Å²) in [5, 5.41) is 9.14. The largest absolute Gasteiger partial charge is 0.470 e. The fourth-order valence-corrected chi connectivity index (χ4v) is 3.39. The van der Waals surface area contributed by atoms with Gasteiger partial charge in [0.05, 0.1) is 12.2 Å². The van der Waals surface area contributed by atoms with E-state index in [-0.39, 0.29) is 23.6 Å². The van der Waals surface area contributed by atoms with Crippen molar-refractivity contribution >= 4 is 11.6 Å². The number of rotatable bonds is 3.